The topological polar surface area (TPSA) is 12.0 Å². The molecule has 21 heavy (non-hydrogen) atoms. The molecule has 1 N–H and O–H groups in total. The predicted molar refractivity (Wildman–Crippen MR) is 90.4 cm³/mol. The van der Waals surface area contributed by atoms with Crippen molar-refractivity contribution in [2.24, 2.45) is 0 Å². The van der Waals surface area contributed by atoms with Gasteiger partial charge in [0, 0.05) is 11.1 Å². The van der Waals surface area contributed by atoms with Crippen LogP contribution < -0.4 is 5.32 Å². The van der Waals surface area contributed by atoms with Crippen LogP contribution in [0.2, 0.25) is 5.02 Å². The molecule has 1 nitrogen and oxygen atoms in total. The average Bonchev–Trinajstić information content (AvgIpc) is 2.44. The van der Waals surface area contributed by atoms with Crippen molar-refractivity contribution >= 4 is 27.5 Å². The summed E-state index contributed by atoms with van der Waals surface area (Å²) in [6, 6.07) is 13.3. The first kappa shape index (κ1) is 16.5. The Hall–Kier alpha value is -0.900. The summed E-state index contributed by atoms with van der Waals surface area (Å²) < 4.78 is 14.2. The van der Waals surface area contributed by atoms with Gasteiger partial charge in [-0.2, -0.15) is 0 Å². The minimum absolute atomic E-state index is 0.217. The summed E-state index contributed by atoms with van der Waals surface area (Å²) in [7, 11) is 0. The fourth-order valence-electron chi connectivity index (χ4n) is 2.43. The standard InChI is InChI=1S/C17H18BrClFN/c1-2-21-15(10-12-5-3-7-14(19)9-12)11-13-6-4-8-16(20)17(13)18/h3-9,15,21H,2,10-11H2,1H3. The normalized spacial score (nSPS) is 12.4. The van der Waals surface area contributed by atoms with Crippen LogP contribution in [0, 0.1) is 5.82 Å². The molecule has 0 spiro atoms. The van der Waals surface area contributed by atoms with Crippen LogP contribution in [0.1, 0.15) is 18.1 Å². The van der Waals surface area contributed by atoms with Crippen molar-refractivity contribution in [3.63, 3.8) is 0 Å². The van der Waals surface area contributed by atoms with Gasteiger partial charge in [-0.1, -0.05) is 42.8 Å². The first-order chi connectivity index (χ1) is 10.1. The minimum Gasteiger partial charge on any atom is -0.314 e. The first-order valence-corrected chi connectivity index (χ1v) is 8.18. The zero-order valence-corrected chi connectivity index (χ0v) is 14.2. The third-order valence-electron chi connectivity index (χ3n) is 3.36. The van der Waals surface area contributed by atoms with Crippen molar-refractivity contribution in [1.29, 1.82) is 0 Å². The van der Waals surface area contributed by atoms with E-state index in [-0.39, 0.29) is 11.9 Å². The summed E-state index contributed by atoms with van der Waals surface area (Å²) in [6.07, 6.45) is 1.62. The van der Waals surface area contributed by atoms with E-state index in [1.165, 1.54) is 11.6 Å². The lowest BCUT2D eigenvalue weighted by Gasteiger charge is -2.19. The molecule has 0 radical (unpaired) electrons. The molecule has 0 heterocycles. The van der Waals surface area contributed by atoms with Crippen LogP contribution in [0.25, 0.3) is 0 Å². The van der Waals surface area contributed by atoms with Crippen molar-refractivity contribution in [2.75, 3.05) is 6.54 Å². The smallest absolute Gasteiger partial charge is 0.137 e. The average molecular weight is 371 g/mol. The highest BCUT2D eigenvalue weighted by atomic mass is 79.9. The summed E-state index contributed by atoms with van der Waals surface area (Å²) in [5.74, 6) is -0.217. The van der Waals surface area contributed by atoms with Crippen LogP contribution in [0.3, 0.4) is 0 Å². The third-order valence-corrected chi connectivity index (χ3v) is 4.48. The summed E-state index contributed by atoms with van der Waals surface area (Å²) in [5.41, 5.74) is 2.16. The molecule has 2 aromatic rings. The van der Waals surface area contributed by atoms with E-state index in [9.17, 15) is 4.39 Å². The SMILES string of the molecule is CCNC(Cc1cccc(Cl)c1)Cc1cccc(F)c1Br. The Morgan fingerprint density at radius 3 is 2.67 bits per heavy atom. The second-order valence-corrected chi connectivity index (χ2v) is 6.24. The fourth-order valence-corrected chi connectivity index (χ4v) is 3.06. The highest BCUT2D eigenvalue weighted by Crippen LogP contribution is 2.22. The number of nitrogens with one attached hydrogen (secondary N) is 1. The van der Waals surface area contributed by atoms with Crippen LogP contribution >= 0.6 is 27.5 Å². The summed E-state index contributed by atoms with van der Waals surface area (Å²) in [5, 5.41) is 4.20. The van der Waals surface area contributed by atoms with E-state index in [2.05, 4.69) is 34.2 Å². The zero-order valence-electron chi connectivity index (χ0n) is 11.9. The summed E-state index contributed by atoms with van der Waals surface area (Å²) >= 11 is 9.37. The van der Waals surface area contributed by atoms with Gasteiger partial charge in [-0.3, -0.25) is 0 Å². The van der Waals surface area contributed by atoms with Gasteiger partial charge in [-0.05, 0) is 64.6 Å². The molecular formula is C17H18BrClFN. The van der Waals surface area contributed by atoms with Crippen LogP contribution in [0.5, 0.6) is 0 Å². The molecule has 2 rings (SSSR count). The molecule has 0 bridgehead atoms. The van der Waals surface area contributed by atoms with Gasteiger partial charge in [-0.15, -0.1) is 0 Å². The van der Waals surface area contributed by atoms with Crippen molar-refractivity contribution in [1.82, 2.24) is 5.32 Å². The number of likely N-dealkylation sites (N-methyl/N-ethyl adjacent to an activating group) is 1. The molecule has 1 atom stereocenters. The van der Waals surface area contributed by atoms with Gasteiger partial charge in [0.25, 0.3) is 0 Å². The van der Waals surface area contributed by atoms with Gasteiger partial charge in [0.15, 0.2) is 0 Å². The van der Waals surface area contributed by atoms with Gasteiger partial charge in [0.1, 0.15) is 5.82 Å². The van der Waals surface area contributed by atoms with Gasteiger partial charge < -0.3 is 5.32 Å². The lowest BCUT2D eigenvalue weighted by molar-refractivity contribution is 0.518. The Morgan fingerprint density at radius 2 is 1.95 bits per heavy atom. The van der Waals surface area contributed by atoms with Crippen LogP contribution in [-0.2, 0) is 12.8 Å². The maximum Gasteiger partial charge on any atom is 0.137 e. The van der Waals surface area contributed by atoms with Gasteiger partial charge in [-0.25, -0.2) is 4.39 Å². The Kier molecular flexibility index (Phi) is 6.22. The molecule has 0 saturated heterocycles. The molecule has 0 amide bonds. The van der Waals surface area contributed by atoms with E-state index in [0.717, 1.165) is 30.0 Å². The maximum absolute atomic E-state index is 13.6. The minimum atomic E-state index is -0.217. The Labute approximate surface area is 138 Å². The summed E-state index contributed by atoms with van der Waals surface area (Å²) in [6.45, 7) is 2.95. The number of hydrogen-bond acceptors (Lipinski definition) is 1. The molecule has 0 saturated carbocycles. The number of benzene rings is 2. The molecule has 0 aliphatic rings. The maximum atomic E-state index is 13.6. The molecule has 4 heteroatoms. The van der Waals surface area contributed by atoms with Crippen LogP contribution in [-0.4, -0.2) is 12.6 Å². The lowest BCUT2D eigenvalue weighted by atomic mass is 9.99. The van der Waals surface area contributed by atoms with Crippen molar-refractivity contribution < 1.29 is 4.39 Å². The number of halogens is 3. The van der Waals surface area contributed by atoms with Crippen molar-refractivity contribution in [2.45, 2.75) is 25.8 Å². The Morgan fingerprint density at radius 1 is 1.19 bits per heavy atom. The third kappa shape index (κ3) is 4.80. The monoisotopic (exact) mass is 369 g/mol. The largest absolute Gasteiger partial charge is 0.314 e. The molecule has 1 unspecified atom stereocenters. The number of hydrogen-bond donors (Lipinski definition) is 1. The summed E-state index contributed by atoms with van der Waals surface area (Å²) in [4.78, 5) is 0. The number of rotatable bonds is 6. The molecule has 2 aromatic carbocycles. The van der Waals surface area contributed by atoms with Gasteiger partial charge >= 0.3 is 0 Å². The Bertz CT molecular complexity index is 603. The van der Waals surface area contributed by atoms with E-state index in [1.54, 1.807) is 6.07 Å². The van der Waals surface area contributed by atoms with Gasteiger partial charge in [0.2, 0.25) is 0 Å². The lowest BCUT2D eigenvalue weighted by Crippen LogP contribution is -2.33. The zero-order chi connectivity index (χ0) is 15.2. The highest BCUT2D eigenvalue weighted by molar-refractivity contribution is 9.10. The fraction of sp³-hybridized carbons (Fsp3) is 0.294. The molecule has 0 fully saturated rings. The molecular weight excluding hydrogens is 353 g/mol. The second-order valence-electron chi connectivity index (χ2n) is 5.01. The van der Waals surface area contributed by atoms with Crippen LogP contribution in [0.15, 0.2) is 46.9 Å². The molecule has 0 aliphatic heterocycles. The Balaban J connectivity index is 2.13. The second kappa shape index (κ2) is 7.92. The highest BCUT2D eigenvalue weighted by Gasteiger charge is 2.13. The molecule has 0 aromatic heterocycles. The molecule has 0 aliphatic carbocycles. The van der Waals surface area contributed by atoms with E-state index in [4.69, 9.17) is 11.6 Å². The predicted octanol–water partition coefficient (Wildman–Crippen LogP) is 5.00. The van der Waals surface area contributed by atoms with E-state index in [0.29, 0.717) is 4.47 Å². The van der Waals surface area contributed by atoms with Crippen LogP contribution in [0.4, 0.5) is 4.39 Å². The van der Waals surface area contributed by atoms with Gasteiger partial charge in [0.05, 0.1) is 4.47 Å². The van der Waals surface area contributed by atoms with E-state index >= 15 is 0 Å². The quantitative estimate of drug-likeness (QED) is 0.754. The molecule has 112 valence electrons. The van der Waals surface area contributed by atoms with E-state index in [1.807, 2.05) is 24.3 Å². The van der Waals surface area contributed by atoms with Crippen molar-refractivity contribution in [3.8, 4) is 0 Å². The van der Waals surface area contributed by atoms with Crippen molar-refractivity contribution in [3.05, 3.63) is 68.9 Å². The first-order valence-electron chi connectivity index (χ1n) is 7.01. The van der Waals surface area contributed by atoms with E-state index < -0.39 is 0 Å².